The van der Waals surface area contributed by atoms with Crippen LogP contribution in [0.1, 0.15) is 10.4 Å². The summed E-state index contributed by atoms with van der Waals surface area (Å²) in [7, 11) is 0. The van der Waals surface area contributed by atoms with Gasteiger partial charge in [-0.05, 0) is 36.4 Å². The van der Waals surface area contributed by atoms with Gasteiger partial charge in [0.1, 0.15) is 5.82 Å². The fourth-order valence-electron chi connectivity index (χ4n) is 1.87. The number of nitrogens with zero attached hydrogens (tertiary/aromatic N) is 2. The van der Waals surface area contributed by atoms with Gasteiger partial charge in [0, 0.05) is 21.2 Å². The monoisotopic (exact) mass is 351 g/mol. The van der Waals surface area contributed by atoms with E-state index in [9.17, 15) is 9.18 Å². The highest BCUT2D eigenvalue weighted by Crippen LogP contribution is 2.27. The van der Waals surface area contributed by atoms with Crippen LogP contribution in [0, 0.1) is 5.82 Å². The Hall–Kier alpha value is -2.44. The predicted octanol–water partition coefficient (Wildman–Crippen LogP) is 4.43. The van der Waals surface area contributed by atoms with Gasteiger partial charge in [0.25, 0.3) is 5.91 Å². The molecule has 1 aromatic heterocycles. The van der Waals surface area contributed by atoms with Gasteiger partial charge in [0.15, 0.2) is 0 Å². The van der Waals surface area contributed by atoms with Gasteiger partial charge in [0.2, 0.25) is 5.89 Å². The van der Waals surface area contributed by atoms with Crippen molar-refractivity contribution in [1.29, 1.82) is 0 Å². The third-order valence-corrected chi connectivity index (χ3v) is 3.28. The fraction of sp³-hybridized carbons (Fsp3) is 0. The van der Waals surface area contributed by atoms with Gasteiger partial charge in [-0.25, -0.2) is 4.39 Å². The first-order valence-electron chi connectivity index (χ1n) is 6.38. The molecule has 1 amide bonds. The molecule has 0 fully saturated rings. The average Bonchev–Trinajstić information content (AvgIpc) is 2.95. The molecule has 1 N–H and O–H groups in total. The minimum atomic E-state index is -0.566. The van der Waals surface area contributed by atoms with E-state index in [0.717, 1.165) is 6.07 Å². The quantitative estimate of drug-likeness (QED) is 0.757. The molecule has 0 aliphatic heterocycles. The zero-order valence-electron chi connectivity index (χ0n) is 11.4. The van der Waals surface area contributed by atoms with E-state index in [1.165, 1.54) is 18.2 Å². The molecule has 0 atom stereocenters. The minimum absolute atomic E-state index is 0.120. The van der Waals surface area contributed by atoms with Crippen molar-refractivity contribution in [2.45, 2.75) is 0 Å². The molecule has 0 unspecified atom stereocenters. The SMILES string of the molecule is O=C(Nc1nnc(-c2cc(Cl)cc(Cl)c2)o1)c1cccc(F)c1. The third kappa shape index (κ3) is 3.67. The zero-order chi connectivity index (χ0) is 16.4. The van der Waals surface area contributed by atoms with Crippen LogP contribution in [0.4, 0.5) is 10.4 Å². The van der Waals surface area contributed by atoms with Crippen LogP contribution >= 0.6 is 23.2 Å². The van der Waals surface area contributed by atoms with Gasteiger partial charge in [-0.15, -0.1) is 5.10 Å². The second-order valence-electron chi connectivity index (χ2n) is 4.53. The molecule has 0 aliphatic carbocycles. The molecular weight excluding hydrogens is 344 g/mol. The number of nitrogens with one attached hydrogen (secondary N) is 1. The number of anilines is 1. The molecule has 23 heavy (non-hydrogen) atoms. The third-order valence-electron chi connectivity index (χ3n) is 2.84. The molecule has 1 heterocycles. The summed E-state index contributed by atoms with van der Waals surface area (Å²) in [5.41, 5.74) is 0.650. The normalized spacial score (nSPS) is 10.6. The Morgan fingerprint density at radius 1 is 1.09 bits per heavy atom. The van der Waals surface area contributed by atoms with E-state index in [4.69, 9.17) is 27.6 Å². The molecular formula is C15H8Cl2FN3O2. The van der Waals surface area contributed by atoms with Crippen LogP contribution in [0.2, 0.25) is 10.0 Å². The maximum Gasteiger partial charge on any atom is 0.322 e. The number of carbonyl (C=O) groups excluding carboxylic acids is 1. The largest absolute Gasteiger partial charge is 0.403 e. The molecule has 5 nitrogen and oxygen atoms in total. The number of amides is 1. The summed E-state index contributed by atoms with van der Waals surface area (Å²) < 4.78 is 18.4. The van der Waals surface area contributed by atoms with Crippen molar-refractivity contribution in [1.82, 2.24) is 10.2 Å². The van der Waals surface area contributed by atoms with Crippen LogP contribution in [-0.2, 0) is 0 Å². The summed E-state index contributed by atoms with van der Waals surface area (Å²) in [6.45, 7) is 0. The van der Waals surface area contributed by atoms with Crippen LogP contribution in [0.25, 0.3) is 11.5 Å². The molecule has 3 rings (SSSR count). The number of aromatic nitrogens is 2. The molecule has 0 saturated carbocycles. The molecule has 0 aliphatic rings. The van der Waals surface area contributed by atoms with Crippen LogP contribution in [0.5, 0.6) is 0 Å². The maximum absolute atomic E-state index is 13.1. The van der Waals surface area contributed by atoms with Gasteiger partial charge in [-0.3, -0.25) is 10.1 Å². The highest BCUT2D eigenvalue weighted by atomic mass is 35.5. The van der Waals surface area contributed by atoms with E-state index in [0.29, 0.717) is 15.6 Å². The summed E-state index contributed by atoms with van der Waals surface area (Å²) >= 11 is 11.8. The lowest BCUT2D eigenvalue weighted by atomic mass is 10.2. The molecule has 2 aromatic carbocycles. The van der Waals surface area contributed by atoms with Crippen molar-refractivity contribution in [2.75, 3.05) is 5.32 Å². The Labute approximate surface area is 140 Å². The minimum Gasteiger partial charge on any atom is -0.403 e. The smallest absolute Gasteiger partial charge is 0.322 e. The first kappa shape index (κ1) is 15.5. The van der Waals surface area contributed by atoms with E-state index >= 15 is 0 Å². The zero-order valence-corrected chi connectivity index (χ0v) is 12.9. The van der Waals surface area contributed by atoms with Crippen LogP contribution in [0.15, 0.2) is 46.9 Å². The van der Waals surface area contributed by atoms with E-state index in [-0.39, 0.29) is 17.5 Å². The first-order chi connectivity index (χ1) is 11.0. The standard InChI is InChI=1S/C15H8Cl2FN3O2/c16-10-4-9(5-11(17)7-10)14-20-21-15(23-14)19-13(22)8-2-1-3-12(18)6-8/h1-7H,(H,19,21,22). The average molecular weight is 352 g/mol. The number of halogens is 3. The van der Waals surface area contributed by atoms with Crippen molar-refractivity contribution < 1.29 is 13.6 Å². The van der Waals surface area contributed by atoms with Gasteiger partial charge >= 0.3 is 6.01 Å². The Balaban J connectivity index is 1.81. The lowest BCUT2D eigenvalue weighted by Crippen LogP contribution is -2.12. The number of rotatable bonds is 3. The lowest BCUT2D eigenvalue weighted by Gasteiger charge is -2.00. The predicted molar refractivity (Wildman–Crippen MR) is 84.1 cm³/mol. The van der Waals surface area contributed by atoms with E-state index in [1.807, 2.05) is 0 Å². The molecule has 116 valence electrons. The van der Waals surface area contributed by atoms with Gasteiger partial charge in [0.05, 0.1) is 0 Å². The fourth-order valence-corrected chi connectivity index (χ4v) is 2.39. The van der Waals surface area contributed by atoms with E-state index in [2.05, 4.69) is 15.5 Å². The molecule has 0 bridgehead atoms. The summed E-state index contributed by atoms with van der Waals surface area (Å²) in [5, 5.41) is 10.7. The molecule has 0 spiro atoms. The van der Waals surface area contributed by atoms with Crippen LogP contribution < -0.4 is 5.32 Å². The van der Waals surface area contributed by atoms with Crippen molar-refractivity contribution in [3.05, 3.63) is 63.9 Å². The number of carbonyl (C=O) groups is 1. The van der Waals surface area contributed by atoms with Crippen LogP contribution in [-0.4, -0.2) is 16.1 Å². The Morgan fingerprint density at radius 2 is 1.83 bits per heavy atom. The second kappa shape index (κ2) is 6.36. The Bertz CT molecular complexity index is 862. The lowest BCUT2D eigenvalue weighted by molar-refractivity contribution is 0.102. The summed E-state index contributed by atoms with van der Waals surface area (Å²) in [5.74, 6) is -0.940. The van der Waals surface area contributed by atoms with Gasteiger partial charge in [-0.2, -0.15) is 0 Å². The van der Waals surface area contributed by atoms with Gasteiger partial charge in [-0.1, -0.05) is 34.4 Å². The van der Waals surface area contributed by atoms with Gasteiger partial charge < -0.3 is 4.42 Å². The highest BCUT2D eigenvalue weighted by Gasteiger charge is 2.14. The molecule has 0 saturated heterocycles. The Morgan fingerprint density at radius 3 is 2.52 bits per heavy atom. The summed E-state index contributed by atoms with van der Waals surface area (Å²) in [6.07, 6.45) is 0. The second-order valence-corrected chi connectivity index (χ2v) is 5.41. The van der Waals surface area contributed by atoms with Crippen molar-refractivity contribution in [3.8, 4) is 11.5 Å². The van der Waals surface area contributed by atoms with Crippen LogP contribution in [0.3, 0.4) is 0 Å². The maximum atomic E-state index is 13.1. The van der Waals surface area contributed by atoms with Crippen molar-refractivity contribution in [2.24, 2.45) is 0 Å². The Kier molecular flexibility index (Phi) is 4.27. The van der Waals surface area contributed by atoms with Crippen molar-refractivity contribution in [3.63, 3.8) is 0 Å². The number of benzene rings is 2. The summed E-state index contributed by atoms with van der Waals surface area (Å²) in [4.78, 5) is 12.0. The number of hydrogen-bond donors (Lipinski definition) is 1. The first-order valence-corrected chi connectivity index (χ1v) is 7.14. The van der Waals surface area contributed by atoms with E-state index in [1.54, 1.807) is 18.2 Å². The van der Waals surface area contributed by atoms with E-state index < -0.39 is 11.7 Å². The topological polar surface area (TPSA) is 68.0 Å². The number of hydrogen-bond acceptors (Lipinski definition) is 4. The highest BCUT2D eigenvalue weighted by molar-refractivity contribution is 6.35. The molecule has 3 aromatic rings. The molecule has 0 radical (unpaired) electrons. The molecule has 8 heteroatoms. The summed E-state index contributed by atoms with van der Waals surface area (Å²) in [6, 6.07) is 9.87. The van der Waals surface area contributed by atoms with Crippen molar-refractivity contribution >= 4 is 35.1 Å².